The first kappa shape index (κ1) is 15.5. The van der Waals surface area contributed by atoms with Gasteiger partial charge in [0.1, 0.15) is 0 Å². The molecule has 108 valence electrons. The molecule has 0 spiro atoms. The molecule has 0 amide bonds. The summed E-state index contributed by atoms with van der Waals surface area (Å²) in [4.78, 5) is 2.44. The van der Waals surface area contributed by atoms with E-state index in [1.165, 1.54) is 16.3 Å². The van der Waals surface area contributed by atoms with Crippen LogP contribution in [0.1, 0.15) is 19.4 Å². The highest BCUT2D eigenvalue weighted by molar-refractivity contribution is 9.10. The molecule has 0 bridgehead atoms. The van der Waals surface area contributed by atoms with Gasteiger partial charge in [0.05, 0.1) is 0 Å². The molecule has 0 aromatic heterocycles. The van der Waals surface area contributed by atoms with Gasteiger partial charge in [-0.25, -0.2) is 0 Å². The normalized spacial score (nSPS) is 11.4. The molecule has 0 saturated heterocycles. The van der Waals surface area contributed by atoms with Crippen LogP contribution in [0, 0.1) is 0 Å². The van der Waals surface area contributed by atoms with E-state index in [-0.39, 0.29) is 0 Å². The van der Waals surface area contributed by atoms with E-state index in [4.69, 9.17) is 0 Å². The van der Waals surface area contributed by atoms with Crippen LogP contribution in [0.5, 0.6) is 0 Å². The summed E-state index contributed by atoms with van der Waals surface area (Å²) in [6, 6.07) is 13.1. The molecule has 0 heterocycles. The Labute approximate surface area is 130 Å². The second-order valence-corrected chi connectivity index (χ2v) is 5.95. The number of hydrogen-bond acceptors (Lipinski definition) is 2. The van der Waals surface area contributed by atoms with Crippen LogP contribution in [-0.2, 0) is 6.54 Å². The highest BCUT2D eigenvalue weighted by Crippen LogP contribution is 2.20. The van der Waals surface area contributed by atoms with Crippen molar-refractivity contribution in [3.63, 3.8) is 0 Å². The zero-order valence-corrected chi connectivity index (χ0v) is 13.9. The van der Waals surface area contributed by atoms with E-state index in [0.29, 0.717) is 0 Å². The molecule has 0 aliphatic carbocycles. The molecule has 0 atom stereocenters. The van der Waals surface area contributed by atoms with Crippen molar-refractivity contribution in [3.05, 3.63) is 46.4 Å². The van der Waals surface area contributed by atoms with E-state index in [2.05, 4.69) is 76.4 Å². The molecule has 1 N–H and O–H groups in total. The van der Waals surface area contributed by atoms with Crippen molar-refractivity contribution in [1.29, 1.82) is 0 Å². The molecule has 0 fully saturated rings. The minimum atomic E-state index is 0.938. The van der Waals surface area contributed by atoms with E-state index < -0.39 is 0 Å². The van der Waals surface area contributed by atoms with Crippen LogP contribution in [0.3, 0.4) is 0 Å². The first-order valence-corrected chi connectivity index (χ1v) is 8.13. The maximum absolute atomic E-state index is 3.53. The van der Waals surface area contributed by atoms with Crippen LogP contribution in [0.15, 0.2) is 40.9 Å². The highest BCUT2D eigenvalue weighted by atomic mass is 79.9. The van der Waals surface area contributed by atoms with Crippen molar-refractivity contribution in [2.75, 3.05) is 26.2 Å². The molecule has 20 heavy (non-hydrogen) atoms. The fraction of sp³-hybridized carbons (Fsp3) is 0.412. The first-order chi connectivity index (χ1) is 9.72. The third kappa shape index (κ3) is 4.30. The standard InChI is InChI=1S/C17H23BrN2/c1-3-20(4-2)10-9-19-13-14-5-6-16-12-17(18)8-7-15(16)11-14/h5-8,11-12,19H,3-4,9-10,13H2,1-2H3. The Balaban J connectivity index is 1.89. The molecule has 2 nitrogen and oxygen atoms in total. The zero-order valence-electron chi connectivity index (χ0n) is 12.3. The molecule has 0 aliphatic rings. The lowest BCUT2D eigenvalue weighted by molar-refractivity contribution is 0.302. The Morgan fingerprint density at radius 2 is 1.70 bits per heavy atom. The second kappa shape index (κ2) is 7.77. The number of benzene rings is 2. The second-order valence-electron chi connectivity index (χ2n) is 5.03. The van der Waals surface area contributed by atoms with Crippen LogP contribution < -0.4 is 5.32 Å². The summed E-state index contributed by atoms with van der Waals surface area (Å²) in [6.45, 7) is 9.78. The highest BCUT2D eigenvalue weighted by Gasteiger charge is 2.00. The van der Waals surface area contributed by atoms with Gasteiger partial charge in [0.15, 0.2) is 0 Å². The van der Waals surface area contributed by atoms with Gasteiger partial charge in [-0.1, -0.05) is 48.0 Å². The van der Waals surface area contributed by atoms with Gasteiger partial charge < -0.3 is 10.2 Å². The maximum atomic E-state index is 3.53. The fourth-order valence-corrected chi connectivity index (χ4v) is 2.76. The van der Waals surface area contributed by atoms with E-state index in [1.807, 2.05) is 0 Å². The SMILES string of the molecule is CCN(CC)CCNCc1ccc2cc(Br)ccc2c1. The zero-order chi connectivity index (χ0) is 14.4. The van der Waals surface area contributed by atoms with Crippen molar-refractivity contribution in [2.45, 2.75) is 20.4 Å². The van der Waals surface area contributed by atoms with Gasteiger partial charge in [-0.3, -0.25) is 0 Å². The summed E-state index contributed by atoms with van der Waals surface area (Å²) in [5, 5.41) is 6.11. The number of nitrogens with zero attached hydrogens (tertiary/aromatic N) is 1. The monoisotopic (exact) mass is 334 g/mol. The number of hydrogen-bond donors (Lipinski definition) is 1. The van der Waals surface area contributed by atoms with E-state index >= 15 is 0 Å². The molecule has 2 aromatic rings. The van der Waals surface area contributed by atoms with Gasteiger partial charge in [0, 0.05) is 24.1 Å². The minimum absolute atomic E-state index is 0.938. The Morgan fingerprint density at radius 1 is 1.00 bits per heavy atom. The molecule has 3 heteroatoms. The average molecular weight is 335 g/mol. The van der Waals surface area contributed by atoms with Crippen molar-refractivity contribution >= 4 is 26.7 Å². The van der Waals surface area contributed by atoms with Gasteiger partial charge >= 0.3 is 0 Å². The third-order valence-electron chi connectivity index (χ3n) is 3.70. The fourth-order valence-electron chi connectivity index (χ4n) is 2.39. The third-order valence-corrected chi connectivity index (χ3v) is 4.19. The molecule has 2 aromatic carbocycles. The van der Waals surface area contributed by atoms with Gasteiger partial charge in [-0.2, -0.15) is 0 Å². The van der Waals surface area contributed by atoms with Crippen LogP contribution in [0.2, 0.25) is 0 Å². The number of fused-ring (bicyclic) bond motifs is 1. The predicted octanol–water partition coefficient (Wildman–Crippen LogP) is 4.03. The van der Waals surface area contributed by atoms with Crippen molar-refractivity contribution in [1.82, 2.24) is 10.2 Å². The molecular weight excluding hydrogens is 312 g/mol. The quantitative estimate of drug-likeness (QED) is 0.769. The van der Waals surface area contributed by atoms with Crippen LogP contribution >= 0.6 is 15.9 Å². The summed E-state index contributed by atoms with van der Waals surface area (Å²) in [5.74, 6) is 0. The van der Waals surface area contributed by atoms with E-state index in [9.17, 15) is 0 Å². The lowest BCUT2D eigenvalue weighted by Crippen LogP contribution is -2.31. The number of halogens is 1. The summed E-state index contributed by atoms with van der Waals surface area (Å²) in [7, 11) is 0. The topological polar surface area (TPSA) is 15.3 Å². The predicted molar refractivity (Wildman–Crippen MR) is 91.1 cm³/mol. The van der Waals surface area contributed by atoms with Crippen LogP contribution in [0.4, 0.5) is 0 Å². The Morgan fingerprint density at radius 3 is 2.45 bits per heavy atom. The average Bonchev–Trinajstić information content (AvgIpc) is 2.47. The van der Waals surface area contributed by atoms with Crippen LogP contribution in [0.25, 0.3) is 10.8 Å². The molecule has 0 aliphatic heterocycles. The summed E-state index contributed by atoms with van der Waals surface area (Å²) >= 11 is 3.51. The smallest absolute Gasteiger partial charge is 0.0206 e. The van der Waals surface area contributed by atoms with Gasteiger partial charge in [-0.05, 0) is 47.6 Å². The summed E-state index contributed by atoms with van der Waals surface area (Å²) in [5.41, 5.74) is 1.35. The maximum Gasteiger partial charge on any atom is 0.0206 e. The number of nitrogens with one attached hydrogen (secondary N) is 1. The van der Waals surface area contributed by atoms with Crippen molar-refractivity contribution in [2.24, 2.45) is 0 Å². The van der Waals surface area contributed by atoms with Gasteiger partial charge in [0.2, 0.25) is 0 Å². The Bertz CT molecular complexity index is 550. The minimum Gasteiger partial charge on any atom is -0.311 e. The van der Waals surface area contributed by atoms with Crippen LogP contribution in [-0.4, -0.2) is 31.1 Å². The molecular formula is C17H23BrN2. The lowest BCUT2D eigenvalue weighted by atomic mass is 10.1. The number of likely N-dealkylation sites (N-methyl/N-ethyl adjacent to an activating group) is 1. The largest absolute Gasteiger partial charge is 0.311 e. The Kier molecular flexibility index (Phi) is 6.02. The van der Waals surface area contributed by atoms with E-state index in [0.717, 1.165) is 37.2 Å². The summed E-state index contributed by atoms with van der Waals surface area (Å²) < 4.78 is 1.13. The first-order valence-electron chi connectivity index (χ1n) is 7.34. The van der Waals surface area contributed by atoms with Gasteiger partial charge in [0.25, 0.3) is 0 Å². The lowest BCUT2D eigenvalue weighted by Gasteiger charge is -2.18. The van der Waals surface area contributed by atoms with Crippen molar-refractivity contribution in [3.8, 4) is 0 Å². The number of rotatable bonds is 7. The summed E-state index contributed by atoms with van der Waals surface area (Å²) in [6.07, 6.45) is 0. The molecule has 0 unspecified atom stereocenters. The molecule has 2 rings (SSSR count). The van der Waals surface area contributed by atoms with E-state index in [1.54, 1.807) is 0 Å². The molecule has 0 saturated carbocycles. The Hall–Kier alpha value is -0.900. The van der Waals surface area contributed by atoms with Crippen molar-refractivity contribution < 1.29 is 0 Å². The van der Waals surface area contributed by atoms with Gasteiger partial charge in [-0.15, -0.1) is 0 Å². The molecule has 0 radical (unpaired) electrons.